The average Bonchev–Trinajstić information content (AvgIpc) is 2.63. The summed E-state index contributed by atoms with van der Waals surface area (Å²) in [6, 6.07) is 11.4. The van der Waals surface area contributed by atoms with Crippen LogP contribution >= 0.6 is 24.0 Å². The number of nitrogens with zero attached hydrogens (tertiary/aromatic N) is 3. The molecule has 2 rings (SSSR count). The first-order valence-electron chi connectivity index (χ1n) is 9.16. The third-order valence-electron chi connectivity index (χ3n) is 4.56. The van der Waals surface area contributed by atoms with E-state index in [1.165, 1.54) is 5.56 Å². The summed E-state index contributed by atoms with van der Waals surface area (Å²) in [6.45, 7) is 8.60. The van der Waals surface area contributed by atoms with E-state index >= 15 is 0 Å². The van der Waals surface area contributed by atoms with Crippen molar-refractivity contribution in [1.29, 1.82) is 0 Å². The quantitative estimate of drug-likeness (QED) is 0.285. The van der Waals surface area contributed by atoms with E-state index in [9.17, 15) is 0 Å². The Morgan fingerprint density at radius 3 is 2.56 bits per heavy atom. The molecule has 1 aliphatic heterocycles. The van der Waals surface area contributed by atoms with Gasteiger partial charge in [-0.25, -0.2) is 0 Å². The normalized spacial score (nSPS) is 19.3. The van der Waals surface area contributed by atoms with Gasteiger partial charge in [0, 0.05) is 52.4 Å². The Kier molecular flexibility index (Phi) is 11.1. The largest absolute Gasteiger partial charge is 0.356 e. The van der Waals surface area contributed by atoms with Crippen LogP contribution in [0.25, 0.3) is 0 Å². The summed E-state index contributed by atoms with van der Waals surface area (Å²) in [6.07, 6.45) is 2.24. The predicted molar refractivity (Wildman–Crippen MR) is 118 cm³/mol. The van der Waals surface area contributed by atoms with Crippen LogP contribution in [0.4, 0.5) is 0 Å². The fourth-order valence-electron chi connectivity index (χ4n) is 3.17. The number of rotatable bonds is 7. The second kappa shape index (κ2) is 12.5. The molecular weight excluding hydrogens is 425 g/mol. The van der Waals surface area contributed by atoms with Gasteiger partial charge in [0.2, 0.25) is 0 Å². The van der Waals surface area contributed by atoms with Crippen LogP contribution in [0.3, 0.4) is 0 Å². The van der Waals surface area contributed by atoms with Gasteiger partial charge < -0.3 is 15.5 Å². The number of likely N-dealkylation sites (N-methyl/N-ethyl adjacent to an activating group) is 1. The van der Waals surface area contributed by atoms with Crippen LogP contribution in [-0.4, -0.2) is 69.1 Å². The van der Waals surface area contributed by atoms with Crippen molar-refractivity contribution in [3.05, 3.63) is 35.9 Å². The lowest BCUT2D eigenvalue weighted by Gasteiger charge is -2.40. The second-order valence-electron chi connectivity index (χ2n) is 6.50. The molecule has 1 atom stereocenters. The number of hydrogen-bond donors (Lipinski definition) is 2. The first-order chi connectivity index (χ1) is 11.7. The van der Waals surface area contributed by atoms with Crippen LogP contribution in [0.15, 0.2) is 35.3 Å². The molecule has 1 unspecified atom stereocenters. The number of aliphatic imine (C=N–C) groups is 1. The van der Waals surface area contributed by atoms with Gasteiger partial charge in [-0.15, -0.1) is 24.0 Å². The summed E-state index contributed by atoms with van der Waals surface area (Å²) < 4.78 is 0. The Labute approximate surface area is 170 Å². The third-order valence-corrected chi connectivity index (χ3v) is 4.56. The zero-order chi connectivity index (χ0) is 17.2. The van der Waals surface area contributed by atoms with Gasteiger partial charge in [-0.3, -0.25) is 9.89 Å². The van der Waals surface area contributed by atoms with Gasteiger partial charge >= 0.3 is 0 Å². The number of benzene rings is 1. The number of nitrogens with one attached hydrogen (secondary N) is 2. The molecular formula is C19H34IN5. The Bertz CT molecular complexity index is 494. The molecule has 1 heterocycles. The minimum atomic E-state index is 0. The maximum absolute atomic E-state index is 4.26. The third kappa shape index (κ3) is 7.50. The summed E-state index contributed by atoms with van der Waals surface area (Å²) in [5, 5.41) is 6.73. The number of guanidine groups is 1. The van der Waals surface area contributed by atoms with Gasteiger partial charge in [-0.1, -0.05) is 37.3 Å². The topological polar surface area (TPSA) is 42.9 Å². The van der Waals surface area contributed by atoms with Crippen LogP contribution in [0.1, 0.15) is 31.4 Å². The molecule has 6 heteroatoms. The van der Waals surface area contributed by atoms with E-state index in [2.05, 4.69) is 69.7 Å². The molecule has 142 valence electrons. The summed E-state index contributed by atoms with van der Waals surface area (Å²) in [4.78, 5) is 9.31. The molecule has 1 fully saturated rings. The molecule has 5 nitrogen and oxygen atoms in total. The molecule has 1 aromatic carbocycles. The molecule has 2 N–H and O–H groups in total. The highest BCUT2D eigenvalue weighted by atomic mass is 127. The van der Waals surface area contributed by atoms with Crippen molar-refractivity contribution in [3.8, 4) is 0 Å². The highest BCUT2D eigenvalue weighted by Crippen LogP contribution is 2.24. The fourth-order valence-corrected chi connectivity index (χ4v) is 3.17. The van der Waals surface area contributed by atoms with Crippen molar-refractivity contribution in [1.82, 2.24) is 20.4 Å². The van der Waals surface area contributed by atoms with Crippen molar-refractivity contribution < 1.29 is 0 Å². The Morgan fingerprint density at radius 2 is 1.88 bits per heavy atom. The zero-order valence-electron chi connectivity index (χ0n) is 15.9. The first-order valence-corrected chi connectivity index (χ1v) is 9.16. The van der Waals surface area contributed by atoms with Crippen molar-refractivity contribution >= 4 is 29.9 Å². The SMILES string of the molecule is CCCNC(=NC)NCCCN1CCN(C)CC1c1ccccc1.I. The Hall–Kier alpha value is -0.860. The maximum atomic E-state index is 4.26. The summed E-state index contributed by atoms with van der Waals surface area (Å²) in [5.74, 6) is 0.912. The van der Waals surface area contributed by atoms with Crippen molar-refractivity contribution in [2.75, 3.05) is 53.4 Å². The predicted octanol–water partition coefficient (Wildman–Crippen LogP) is 2.56. The molecule has 0 spiro atoms. The van der Waals surface area contributed by atoms with E-state index in [-0.39, 0.29) is 24.0 Å². The van der Waals surface area contributed by atoms with E-state index in [1.807, 2.05) is 7.05 Å². The average molecular weight is 459 g/mol. The minimum absolute atomic E-state index is 0. The smallest absolute Gasteiger partial charge is 0.190 e. The molecule has 1 saturated heterocycles. The van der Waals surface area contributed by atoms with Crippen molar-refractivity contribution in [2.45, 2.75) is 25.8 Å². The van der Waals surface area contributed by atoms with E-state index in [0.29, 0.717) is 6.04 Å². The molecule has 0 radical (unpaired) electrons. The van der Waals surface area contributed by atoms with E-state index in [0.717, 1.165) is 58.1 Å². The van der Waals surface area contributed by atoms with Crippen LogP contribution in [-0.2, 0) is 0 Å². The van der Waals surface area contributed by atoms with E-state index < -0.39 is 0 Å². The van der Waals surface area contributed by atoms with Gasteiger partial charge in [-0.2, -0.15) is 0 Å². The number of piperazine rings is 1. The lowest BCUT2D eigenvalue weighted by atomic mass is 10.0. The van der Waals surface area contributed by atoms with Crippen LogP contribution in [0.2, 0.25) is 0 Å². The summed E-state index contributed by atoms with van der Waals surface area (Å²) in [5.41, 5.74) is 1.43. The lowest BCUT2D eigenvalue weighted by molar-refractivity contribution is 0.0891. The highest BCUT2D eigenvalue weighted by molar-refractivity contribution is 14.0. The summed E-state index contributed by atoms with van der Waals surface area (Å²) in [7, 11) is 4.05. The molecule has 1 aliphatic rings. The summed E-state index contributed by atoms with van der Waals surface area (Å²) >= 11 is 0. The van der Waals surface area contributed by atoms with E-state index in [4.69, 9.17) is 0 Å². The fraction of sp³-hybridized carbons (Fsp3) is 0.632. The molecule has 0 saturated carbocycles. The van der Waals surface area contributed by atoms with Crippen LogP contribution in [0.5, 0.6) is 0 Å². The molecule has 1 aromatic rings. The lowest BCUT2D eigenvalue weighted by Crippen LogP contribution is -2.47. The first kappa shape index (κ1) is 22.2. The van der Waals surface area contributed by atoms with Gasteiger partial charge in [0.15, 0.2) is 5.96 Å². The van der Waals surface area contributed by atoms with Crippen molar-refractivity contribution in [3.63, 3.8) is 0 Å². The monoisotopic (exact) mass is 459 g/mol. The number of hydrogen-bond acceptors (Lipinski definition) is 3. The Balaban J connectivity index is 0.00000312. The molecule has 0 bridgehead atoms. The molecule has 0 aliphatic carbocycles. The maximum Gasteiger partial charge on any atom is 0.190 e. The number of halogens is 1. The highest BCUT2D eigenvalue weighted by Gasteiger charge is 2.25. The van der Waals surface area contributed by atoms with Gasteiger partial charge in [0.25, 0.3) is 0 Å². The van der Waals surface area contributed by atoms with Gasteiger partial charge in [-0.05, 0) is 25.5 Å². The standard InChI is InChI=1S/C19H33N5.HI/c1-4-11-21-19(20-2)22-12-8-13-24-15-14-23(3)16-18(24)17-9-6-5-7-10-17;/h5-7,9-10,18H,4,8,11-16H2,1-3H3,(H2,20,21,22);1H. The zero-order valence-corrected chi connectivity index (χ0v) is 18.2. The second-order valence-corrected chi connectivity index (χ2v) is 6.50. The molecule has 0 aromatic heterocycles. The van der Waals surface area contributed by atoms with Gasteiger partial charge in [0.05, 0.1) is 0 Å². The van der Waals surface area contributed by atoms with Crippen molar-refractivity contribution in [2.24, 2.45) is 4.99 Å². The van der Waals surface area contributed by atoms with Crippen LogP contribution in [0, 0.1) is 0 Å². The van der Waals surface area contributed by atoms with Gasteiger partial charge in [0.1, 0.15) is 0 Å². The van der Waals surface area contributed by atoms with E-state index in [1.54, 1.807) is 0 Å². The Morgan fingerprint density at radius 1 is 1.16 bits per heavy atom. The molecule has 25 heavy (non-hydrogen) atoms. The molecule has 0 amide bonds. The van der Waals surface area contributed by atoms with Crippen LogP contribution < -0.4 is 10.6 Å². The minimum Gasteiger partial charge on any atom is -0.356 e.